The van der Waals surface area contributed by atoms with E-state index < -0.39 is 0 Å². The number of aromatic amines is 1. The van der Waals surface area contributed by atoms with E-state index in [-0.39, 0.29) is 5.91 Å². The molecule has 8 nitrogen and oxygen atoms in total. The summed E-state index contributed by atoms with van der Waals surface area (Å²) in [6.45, 7) is 9.53. The quantitative estimate of drug-likeness (QED) is 0.396. The second-order valence-corrected chi connectivity index (χ2v) is 8.81. The van der Waals surface area contributed by atoms with Crippen LogP contribution in [0.3, 0.4) is 0 Å². The van der Waals surface area contributed by atoms with Crippen LogP contribution in [0.4, 0.5) is 0 Å². The highest BCUT2D eigenvalue weighted by Gasteiger charge is 2.10. The van der Waals surface area contributed by atoms with Gasteiger partial charge in [0.2, 0.25) is 0 Å². The molecule has 0 unspecified atom stereocenters. The Hall–Kier alpha value is -2.78. The lowest BCUT2D eigenvalue weighted by Gasteiger charge is -2.23. The predicted molar refractivity (Wildman–Crippen MR) is 137 cm³/mol. The van der Waals surface area contributed by atoms with Gasteiger partial charge in [-0.1, -0.05) is 24.3 Å². The Morgan fingerprint density at radius 1 is 0.853 bits per heavy atom. The number of benzene rings is 2. The molecule has 4 rings (SSSR count). The van der Waals surface area contributed by atoms with Crippen molar-refractivity contribution in [2.24, 2.45) is 0 Å². The number of carbonyl (C=O) groups excluding carboxylic acids is 1. The molecule has 1 amide bonds. The molecule has 3 aromatic rings. The Kier molecular flexibility index (Phi) is 9.45. The molecule has 182 valence electrons. The number of hydrogen-bond acceptors (Lipinski definition) is 6. The number of nitrogens with one attached hydrogen (secondary N) is 5. The van der Waals surface area contributed by atoms with E-state index in [1.165, 1.54) is 12.0 Å². The molecule has 1 fully saturated rings. The van der Waals surface area contributed by atoms with E-state index in [1.807, 2.05) is 36.4 Å². The van der Waals surface area contributed by atoms with E-state index in [2.05, 4.69) is 48.3 Å². The first-order valence-corrected chi connectivity index (χ1v) is 12.4. The first-order valence-electron chi connectivity index (χ1n) is 12.4. The second kappa shape index (κ2) is 13.2. The third-order valence-electron chi connectivity index (χ3n) is 6.10. The second-order valence-electron chi connectivity index (χ2n) is 8.81. The van der Waals surface area contributed by atoms with Crippen molar-refractivity contribution >= 4 is 16.9 Å². The summed E-state index contributed by atoms with van der Waals surface area (Å²) in [4.78, 5) is 22.9. The third kappa shape index (κ3) is 7.63. The molecular weight excluding hydrogens is 426 g/mol. The molecule has 5 N–H and O–H groups in total. The van der Waals surface area contributed by atoms with Crippen molar-refractivity contribution in [3.63, 3.8) is 0 Å². The van der Waals surface area contributed by atoms with Gasteiger partial charge >= 0.3 is 0 Å². The number of hydrogen-bond donors (Lipinski definition) is 5. The van der Waals surface area contributed by atoms with Crippen molar-refractivity contribution < 1.29 is 4.79 Å². The van der Waals surface area contributed by atoms with Crippen LogP contribution in [-0.2, 0) is 13.1 Å². The molecule has 0 bridgehead atoms. The van der Waals surface area contributed by atoms with Crippen molar-refractivity contribution in [2.45, 2.75) is 25.9 Å². The van der Waals surface area contributed by atoms with Crippen molar-refractivity contribution in [1.82, 2.24) is 36.1 Å². The first-order chi connectivity index (χ1) is 16.8. The molecule has 2 aromatic carbocycles. The topological polar surface area (TPSA) is 97.1 Å². The number of amides is 1. The van der Waals surface area contributed by atoms with E-state index in [4.69, 9.17) is 0 Å². The number of fused-ring (bicyclic) bond motifs is 1. The van der Waals surface area contributed by atoms with Gasteiger partial charge in [0, 0.05) is 38.3 Å². The summed E-state index contributed by atoms with van der Waals surface area (Å²) in [5.74, 6) is 0.667. The van der Waals surface area contributed by atoms with Crippen molar-refractivity contribution in [3.05, 3.63) is 65.5 Å². The largest absolute Gasteiger partial charge is 0.345 e. The van der Waals surface area contributed by atoms with Crippen LogP contribution in [-0.4, -0.2) is 73.1 Å². The fraction of sp³-hybridized carbons (Fsp3) is 0.462. The van der Waals surface area contributed by atoms with Gasteiger partial charge < -0.3 is 26.3 Å². The minimum Gasteiger partial charge on any atom is -0.345 e. The van der Waals surface area contributed by atoms with Crippen LogP contribution in [0.2, 0.25) is 0 Å². The molecule has 0 atom stereocenters. The van der Waals surface area contributed by atoms with E-state index in [0.717, 1.165) is 82.2 Å². The number of aromatic nitrogens is 2. The maximum absolute atomic E-state index is 12.6. The highest BCUT2D eigenvalue weighted by atomic mass is 16.1. The summed E-state index contributed by atoms with van der Waals surface area (Å²) in [6, 6.07) is 15.8. The average Bonchev–Trinajstić information content (AvgIpc) is 3.28. The van der Waals surface area contributed by atoms with Gasteiger partial charge in [-0.25, -0.2) is 4.98 Å². The van der Waals surface area contributed by atoms with Crippen LogP contribution in [0.5, 0.6) is 0 Å². The molecule has 1 aliphatic rings. The normalized spacial score (nSPS) is 17.3. The monoisotopic (exact) mass is 463 g/mol. The number of nitrogens with zero attached hydrogens (tertiary/aromatic N) is 2. The minimum absolute atomic E-state index is 0.0887. The van der Waals surface area contributed by atoms with Crippen LogP contribution in [0.15, 0.2) is 48.5 Å². The van der Waals surface area contributed by atoms with E-state index in [1.54, 1.807) is 0 Å². The Balaban J connectivity index is 1.27. The molecule has 1 aromatic heterocycles. The molecular formula is C26H37N7O. The number of imidazole rings is 1. The van der Waals surface area contributed by atoms with Crippen molar-refractivity contribution in [2.75, 3.05) is 52.4 Å². The van der Waals surface area contributed by atoms with Crippen LogP contribution in [0.25, 0.3) is 11.0 Å². The maximum Gasteiger partial charge on any atom is 0.251 e. The van der Waals surface area contributed by atoms with E-state index in [0.29, 0.717) is 12.1 Å². The summed E-state index contributed by atoms with van der Waals surface area (Å²) < 4.78 is 0. The van der Waals surface area contributed by atoms with Gasteiger partial charge in [0.1, 0.15) is 5.82 Å². The molecule has 0 saturated carbocycles. The van der Waals surface area contributed by atoms with Crippen LogP contribution < -0.4 is 21.3 Å². The van der Waals surface area contributed by atoms with Gasteiger partial charge in [0.15, 0.2) is 0 Å². The Bertz CT molecular complexity index is 970. The fourth-order valence-corrected chi connectivity index (χ4v) is 4.20. The zero-order valence-corrected chi connectivity index (χ0v) is 19.9. The van der Waals surface area contributed by atoms with Crippen molar-refractivity contribution in [3.8, 4) is 0 Å². The summed E-state index contributed by atoms with van der Waals surface area (Å²) in [5.41, 5.74) is 3.78. The van der Waals surface area contributed by atoms with Gasteiger partial charge in [0.05, 0.1) is 17.6 Å². The van der Waals surface area contributed by atoms with Gasteiger partial charge in [0.25, 0.3) is 5.91 Å². The Labute approximate surface area is 201 Å². The third-order valence-corrected chi connectivity index (χ3v) is 6.10. The maximum atomic E-state index is 12.6. The zero-order chi connectivity index (χ0) is 23.4. The molecule has 1 saturated heterocycles. The van der Waals surface area contributed by atoms with E-state index in [9.17, 15) is 4.79 Å². The Morgan fingerprint density at radius 3 is 2.41 bits per heavy atom. The number of carbonyl (C=O) groups is 1. The number of rotatable bonds is 5. The molecule has 2 heterocycles. The lowest BCUT2D eigenvalue weighted by molar-refractivity contribution is 0.0950. The SMILES string of the molecule is O=C(NCc1nc2ccccc2[nH]1)c1ccc(CN2CCCNCCCNCCNCC2)cc1. The first kappa shape index (κ1) is 24.3. The summed E-state index contributed by atoms with van der Waals surface area (Å²) in [5, 5.41) is 13.5. The smallest absolute Gasteiger partial charge is 0.251 e. The zero-order valence-electron chi connectivity index (χ0n) is 19.9. The molecule has 8 heteroatoms. The summed E-state index contributed by atoms with van der Waals surface area (Å²) >= 11 is 0. The van der Waals surface area contributed by atoms with Crippen LogP contribution >= 0.6 is 0 Å². The minimum atomic E-state index is -0.0887. The van der Waals surface area contributed by atoms with Crippen molar-refractivity contribution in [1.29, 1.82) is 0 Å². The van der Waals surface area contributed by atoms with Gasteiger partial charge in [-0.2, -0.15) is 0 Å². The molecule has 0 aliphatic carbocycles. The van der Waals surface area contributed by atoms with E-state index >= 15 is 0 Å². The molecule has 1 aliphatic heterocycles. The van der Waals surface area contributed by atoms with Crippen LogP contribution in [0.1, 0.15) is 34.6 Å². The fourth-order valence-electron chi connectivity index (χ4n) is 4.20. The standard InChI is InChI=1S/C26H37N7O/c34-26(30-19-25-31-23-5-1-2-6-24(23)32-25)22-9-7-21(8-10-22)20-33-17-4-13-27-11-3-12-28-14-15-29-16-18-33/h1-2,5-10,27-29H,3-4,11-20H2,(H,30,34)(H,31,32). The van der Waals surface area contributed by atoms with Gasteiger partial charge in [-0.3, -0.25) is 9.69 Å². The van der Waals surface area contributed by atoms with Crippen LogP contribution in [0, 0.1) is 0 Å². The molecule has 0 radical (unpaired) electrons. The van der Waals surface area contributed by atoms with Gasteiger partial charge in [-0.15, -0.1) is 0 Å². The lowest BCUT2D eigenvalue weighted by atomic mass is 10.1. The Morgan fingerprint density at radius 2 is 1.59 bits per heavy atom. The highest BCUT2D eigenvalue weighted by molar-refractivity contribution is 5.94. The number of H-pyrrole nitrogens is 1. The predicted octanol–water partition coefficient (Wildman–Crippen LogP) is 1.86. The highest BCUT2D eigenvalue weighted by Crippen LogP contribution is 2.11. The summed E-state index contributed by atoms with van der Waals surface area (Å²) in [7, 11) is 0. The number of para-hydroxylation sites is 2. The average molecular weight is 464 g/mol. The molecule has 0 spiro atoms. The summed E-state index contributed by atoms with van der Waals surface area (Å²) in [6.07, 6.45) is 2.30. The lowest BCUT2D eigenvalue weighted by Crippen LogP contribution is -2.37. The molecule has 34 heavy (non-hydrogen) atoms. The van der Waals surface area contributed by atoms with Gasteiger partial charge in [-0.05, 0) is 68.8 Å².